The van der Waals surface area contributed by atoms with Crippen LogP contribution in [0.1, 0.15) is 157 Å². The summed E-state index contributed by atoms with van der Waals surface area (Å²) in [5, 5.41) is 19.4. The molecule has 16 nitrogen and oxygen atoms in total. The number of hydrogen-bond donors (Lipinski definition) is 5. The van der Waals surface area contributed by atoms with Crippen LogP contribution in [0.25, 0.3) is 0 Å². The highest BCUT2D eigenvalue weighted by Gasteiger charge is 2.28. The van der Waals surface area contributed by atoms with Gasteiger partial charge in [-0.25, -0.2) is 9.59 Å². The molecule has 0 rings (SSSR count). The minimum atomic E-state index is -0.854. The summed E-state index contributed by atoms with van der Waals surface area (Å²) in [6.07, 6.45) is 11.2. The van der Waals surface area contributed by atoms with Crippen molar-refractivity contribution in [2.45, 2.75) is 169 Å². The van der Waals surface area contributed by atoms with Gasteiger partial charge < -0.3 is 24.9 Å². The van der Waals surface area contributed by atoms with Gasteiger partial charge in [0.25, 0.3) is 0 Å². The number of carbonyl (C=O) groups excluding carboxylic acids is 7. The van der Waals surface area contributed by atoms with Crippen LogP contribution in [-0.4, -0.2) is 73.6 Å². The SMILES string of the molecule is CCCCCCCCC(=O)NC(=O)NC(=O)NCCCCCCCC(=O)OC[C@H](COC(=O)CC)NOC(=O)CCC(C)(C#N)CCC(C)C(=O)NC(C)C. The molecule has 0 fully saturated rings. The van der Waals surface area contributed by atoms with E-state index in [9.17, 15) is 38.8 Å². The molecule has 16 heteroatoms. The second-order valence-corrected chi connectivity index (χ2v) is 14.6. The first kappa shape index (κ1) is 50.7. The fraction of sp³-hybridized carbons (Fsp3) is 0.795. The zero-order valence-electron chi connectivity index (χ0n) is 34.1. The highest BCUT2D eigenvalue weighted by atomic mass is 16.7. The summed E-state index contributed by atoms with van der Waals surface area (Å²) < 4.78 is 10.5. The molecule has 0 aromatic carbocycles. The first-order chi connectivity index (χ1) is 26.1. The molecule has 314 valence electrons. The zero-order chi connectivity index (χ0) is 41.5. The molecule has 2 unspecified atom stereocenters. The van der Waals surface area contributed by atoms with Crippen molar-refractivity contribution >= 4 is 41.8 Å². The van der Waals surface area contributed by atoms with Crippen LogP contribution in [0.15, 0.2) is 0 Å². The average molecular weight is 781 g/mol. The second kappa shape index (κ2) is 31.0. The molecule has 0 saturated heterocycles. The molecule has 0 aromatic heterocycles. The van der Waals surface area contributed by atoms with Crippen molar-refractivity contribution in [1.29, 1.82) is 5.26 Å². The van der Waals surface area contributed by atoms with Gasteiger partial charge in [-0.15, -0.1) is 5.48 Å². The van der Waals surface area contributed by atoms with Crippen molar-refractivity contribution in [3.8, 4) is 6.07 Å². The lowest BCUT2D eigenvalue weighted by Crippen LogP contribution is -2.46. The number of nitrogens with zero attached hydrogens (tertiary/aromatic N) is 1. The number of nitrogens with one attached hydrogen (secondary N) is 5. The van der Waals surface area contributed by atoms with E-state index in [1.54, 1.807) is 20.8 Å². The number of hydroxylamine groups is 1. The number of hydrogen-bond acceptors (Lipinski definition) is 12. The first-order valence-electron chi connectivity index (χ1n) is 20.0. The van der Waals surface area contributed by atoms with Crippen LogP contribution < -0.4 is 26.7 Å². The fourth-order valence-corrected chi connectivity index (χ4v) is 5.15. The normalized spacial score (nSPS) is 13.0. The lowest BCUT2D eigenvalue weighted by Gasteiger charge is -2.23. The van der Waals surface area contributed by atoms with Gasteiger partial charge in [-0.3, -0.25) is 34.6 Å². The van der Waals surface area contributed by atoms with E-state index in [2.05, 4.69) is 39.7 Å². The van der Waals surface area contributed by atoms with Gasteiger partial charge in [-0.1, -0.05) is 72.1 Å². The Kier molecular flexibility index (Phi) is 28.6. The smallest absolute Gasteiger partial charge is 0.329 e. The van der Waals surface area contributed by atoms with Crippen LogP contribution in [0.2, 0.25) is 0 Å². The van der Waals surface area contributed by atoms with E-state index in [1.807, 2.05) is 13.8 Å². The summed E-state index contributed by atoms with van der Waals surface area (Å²) >= 11 is 0. The molecule has 5 N–H and O–H groups in total. The Morgan fingerprint density at radius 1 is 0.691 bits per heavy atom. The number of rotatable bonds is 30. The number of amides is 6. The van der Waals surface area contributed by atoms with Crippen molar-refractivity contribution in [1.82, 2.24) is 26.7 Å². The summed E-state index contributed by atoms with van der Waals surface area (Å²) in [6.45, 7) is 11.0. The molecule has 0 saturated carbocycles. The van der Waals surface area contributed by atoms with Crippen LogP contribution in [0.3, 0.4) is 0 Å². The first-order valence-corrected chi connectivity index (χ1v) is 20.0. The number of carbonyl (C=O) groups is 7. The van der Waals surface area contributed by atoms with E-state index in [1.165, 1.54) is 6.42 Å². The van der Waals surface area contributed by atoms with Gasteiger partial charge in [0.05, 0.1) is 11.5 Å². The maximum atomic E-state index is 12.5. The molecular weight excluding hydrogens is 712 g/mol. The Labute approximate surface area is 327 Å². The monoisotopic (exact) mass is 780 g/mol. The Morgan fingerprint density at radius 2 is 1.29 bits per heavy atom. The van der Waals surface area contributed by atoms with Crippen molar-refractivity contribution in [3.05, 3.63) is 0 Å². The Balaban J connectivity index is 4.36. The molecule has 0 heterocycles. The second-order valence-electron chi connectivity index (χ2n) is 14.6. The van der Waals surface area contributed by atoms with Gasteiger partial charge in [0, 0.05) is 44.2 Å². The molecule has 6 amide bonds. The van der Waals surface area contributed by atoms with Gasteiger partial charge in [0.2, 0.25) is 11.8 Å². The van der Waals surface area contributed by atoms with Gasteiger partial charge >= 0.3 is 30.0 Å². The molecule has 0 spiro atoms. The third kappa shape index (κ3) is 28.8. The number of nitriles is 1. The van der Waals surface area contributed by atoms with Crippen molar-refractivity contribution in [2.24, 2.45) is 11.3 Å². The third-order valence-corrected chi connectivity index (χ3v) is 8.76. The van der Waals surface area contributed by atoms with Gasteiger partial charge in [0.15, 0.2) is 0 Å². The minimum Gasteiger partial charge on any atom is -0.464 e. The molecule has 0 radical (unpaired) electrons. The average Bonchev–Trinajstić information content (AvgIpc) is 3.14. The molecule has 0 aliphatic rings. The molecule has 0 aromatic rings. The number of urea groups is 2. The largest absolute Gasteiger partial charge is 0.464 e. The highest BCUT2D eigenvalue weighted by Crippen LogP contribution is 2.30. The van der Waals surface area contributed by atoms with Crippen molar-refractivity contribution in [2.75, 3.05) is 19.8 Å². The molecule has 0 aliphatic heterocycles. The lowest BCUT2D eigenvalue weighted by atomic mass is 9.80. The minimum absolute atomic E-state index is 0.0152. The number of imide groups is 2. The standard InChI is InChI=1S/C39H68N6O10/c1-7-9-10-11-13-16-19-32(46)43-38(52)44-37(51)41-25-18-15-12-14-17-20-34(48)54-27-31(26-53-33(47)8-2)45-55-35(49)22-24-39(6,28-40)23-21-30(5)36(50)42-29(3)4/h29-31,45H,7-27H2,1-6H3,(H,42,50)(H3,41,43,44,46,51,52)/t30?,31-,39?/m0/s1. The Bertz CT molecular complexity index is 1220. The number of unbranched alkanes of at least 4 members (excludes halogenated alkanes) is 9. The van der Waals surface area contributed by atoms with Crippen LogP contribution in [-0.2, 0) is 38.3 Å². The summed E-state index contributed by atoms with van der Waals surface area (Å²) in [7, 11) is 0. The summed E-state index contributed by atoms with van der Waals surface area (Å²) in [5.41, 5.74) is 1.67. The zero-order valence-corrected chi connectivity index (χ0v) is 34.1. The maximum Gasteiger partial charge on any atom is 0.329 e. The van der Waals surface area contributed by atoms with Crippen LogP contribution in [0.4, 0.5) is 9.59 Å². The van der Waals surface area contributed by atoms with Gasteiger partial charge in [0.1, 0.15) is 19.3 Å². The number of esters is 2. The summed E-state index contributed by atoms with van der Waals surface area (Å²) in [6, 6.07) is -0.0897. The highest BCUT2D eigenvalue weighted by molar-refractivity contribution is 6.01. The molecule has 3 atom stereocenters. The van der Waals surface area contributed by atoms with Crippen LogP contribution in [0, 0.1) is 22.7 Å². The third-order valence-electron chi connectivity index (χ3n) is 8.76. The van der Waals surface area contributed by atoms with Gasteiger partial charge in [-0.2, -0.15) is 5.26 Å². The lowest BCUT2D eigenvalue weighted by molar-refractivity contribution is -0.159. The van der Waals surface area contributed by atoms with E-state index in [4.69, 9.17) is 14.3 Å². The topological polar surface area (TPSA) is 231 Å². The van der Waals surface area contributed by atoms with Crippen LogP contribution >= 0.6 is 0 Å². The van der Waals surface area contributed by atoms with E-state index in [-0.39, 0.29) is 63.2 Å². The van der Waals surface area contributed by atoms with E-state index in [0.29, 0.717) is 38.6 Å². The maximum absolute atomic E-state index is 12.5. The van der Waals surface area contributed by atoms with Crippen LogP contribution in [0.5, 0.6) is 0 Å². The van der Waals surface area contributed by atoms with E-state index in [0.717, 1.165) is 44.9 Å². The quantitative estimate of drug-likeness (QED) is 0.0253. The van der Waals surface area contributed by atoms with Crippen molar-refractivity contribution < 1.29 is 47.9 Å². The summed E-state index contributed by atoms with van der Waals surface area (Å²) in [4.78, 5) is 89.6. The molecular formula is C39H68N6O10. The predicted octanol–water partition coefficient (Wildman–Crippen LogP) is 5.78. The van der Waals surface area contributed by atoms with E-state index >= 15 is 0 Å². The molecule has 0 aliphatic carbocycles. The van der Waals surface area contributed by atoms with E-state index < -0.39 is 47.3 Å². The molecule has 0 bridgehead atoms. The Hall–Kier alpha value is -4.26. The Morgan fingerprint density at radius 3 is 1.91 bits per heavy atom. The number of ether oxygens (including phenoxy) is 2. The van der Waals surface area contributed by atoms with Crippen molar-refractivity contribution in [3.63, 3.8) is 0 Å². The molecule has 55 heavy (non-hydrogen) atoms. The fourth-order valence-electron chi connectivity index (χ4n) is 5.15. The van der Waals surface area contributed by atoms with Gasteiger partial charge in [-0.05, 0) is 59.3 Å². The predicted molar refractivity (Wildman–Crippen MR) is 206 cm³/mol. The summed E-state index contributed by atoms with van der Waals surface area (Å²) in [5.74, 6) is -2.37.